The molecule has 1 aliphatic carbocycles. The quantitative estimate of drug-likeness (QED) is 0.364. The maximum Gasteiger partial charge on any atom is 0.248 e. The fraction of sp³-hybridized carbons (Fsp3) is 0.424. The molecule has 192 valence electrons. The number of hydrazine groups is 1. The fourth-order valence-electron chi connectivity index (χ4n) is 6.79. The summed E-state index contributed by atoms with van der Waals surface area (Å²) in [7, 11) is 0. The highest BCUT2D eigenvalue weighted by molar-refractivity contribution is 5.96. The zero-order valence-electron chi connectivity index (χ0n) is 22.3. The van der Waals surface area contributed by atoms with Crippen molar-refractivity contribution in [2.24, 2.45) is 0 Å². The molecule has 0 aromatic heterocycles. The number of aryl methyl sites for hydroxylation is 1. The van der Waals surface area contributed by atoms with Gasteiger partial charge in [0, 0.05) is 38.8 Å². The zero-order chi connectivity index (χ0) is 25.4. The number of fused-ring (bicyclic) bond motifs is 4. The highest BCUT2D eigenvalue weighted by Gasteiger charge is 2.41. The molecule has 0 spiro atoms. The molecule has 0 radical (unpaired) electrons. The third kappa shape index (κ3) is 4.41. The molecule has 2 unspecified atom stereocenters. The lowest BCUT2D eigenvalue weighted by molar-refractivity contribution is -0.148. The highest BCUT2D eigenvalue weighted by atomic mass is 16.2. The largest absolute Gasteiger partial charge is 0.290 e. The Balaban J connectivity index is 1.28. The lowest BCUT2D eigenvalue weighted by Gasteiger charge is -2.35. The zero-order valence-corrected chi connectivity index (χ0v) is 22.3. The van der Waals surface area contributed by atoms with E-state index in [0.29, 0.717) is 6.04 Å². The maximum atomic E-state index is 14.6. The molecule has 3 aliphatic rings. The molecule has 0 bridgehead atoms. The van der Waals surface area contributed by atoms with Gasteiger partial charge in [0.1, 0.15) is 0 Å². The van der Waals surface area contributed by atoms with Crippen LogP contribution in [0.2, 0.25) is 0 Å². The normalized spacial score (nSPS) is 20.6. The van der Waals surface area contributed by atoms with Gasteiger partial charge in [-0.2, -0.15) is 0 Å². The Morgan fingerprint density at radius 1 is 0.892 bits per heavy atom. The summed E-state index contributed by atoms with van der Waals surface area (Å²) in [5.74, 6) is 0.0447. The van der Waals surface area contributed by atoms with Crippen molar-refractivity contribution < 1.29 is 4.79 Å². The fourth-order valence-corrected chi connectivity index (χ4v) is 6.79. The average molecular weight is 494 g/mol. The number of carbonyl (C=O) groups excluding carboxylic acids is 1. The Bertz CT molecular complexity index is 1260. The van der Waals surface area contributed by atoms with Gasteiger partial charge in [0.2, 0.25) is 5.91 Å². The van der Waals surface area contributed by atoms with Gasteiger partial charge in [0.25, 0.3) is 0 Å². The van der Waals surface area contributed by atoms with Crippen LogP contribution >= 0.6 is 0 Å². The van der Waals surface area contributed by atoms with Crippen LogP contribution in [0.5, 0.6) is 0 Å². The van der Waals surface area contributed by atoms with Crippen molar-refractivity contribution >= 4 is 5.91 Å². The summed E-state index contributed by atoms with van der Waals surface area (Å²) in [6.07, 6.45) is 5.42. The average Bonchev–Trinajstić information content (AvgIpc) is 3.66. The summed E-state index contributed by atoms with van der Waals surface area (Å²) in [6.45, 7) is 9.14. The highest BCUT2D eigenvalue weighted by Crippen LogP contribution is 2.47. The molecular weight excluding hydrogens is 454 g/mol. The van der Waals surface area contributed by atoms with E-state index in [2.05, 4.69) is 95.5 Å². The number of carbonyl (C=O) groups is 1. The number of hydrogen-bond acceptors (Lipinski definition) is 3. The van der Waals surface area contributed by atoms with Crippen molar-refractivity contribution in [3.63, 3.8) is 0 Å². The molecule has 0 saturated carbocycles. The predicted octanol–water partition coefficient (Wildman–Crippen LogP) is 6.39. The van der Waals surface area contributed by atoms with Crippen molar-refractivity contribution in [1.82, 2.24) is 14.9 Å². The van der Waals surface area contributed by atoms with Gasteiger partial charge in [-0.05, 0) is 64.6 Å². The molecule has 2 aliphatic heterocycles. The van der Waals surface area contributed by atoms with Crippen molar-refractivity contribution in [1.29, 1.82) is 0 Å². The van der Waals surface area contributed by atoms with Crippen LogP contribution in [-0.4, -0.2) is 46.5 Å². The number of hydrogen-bond donors (Lipinski definition) is 0. The third-order valence-electron chi connectivity index (χ3n) is 8.65. The number of unbranched alkanes of at least 4 members (excludes halogenated alkanes) is 1. The van der Waals surface area contributed by atoms with E-state index in [9.17, 15) is 4.79 Å². The van der Waals surface area contributed by atoms with Gasteiger partial charge in [-0.1, -0.05) is 87.0 Å². The molecule has 1 fully saturated rings. The summed E-state index contributed by atoms with van der Waals surface area (Å²) in [6, 6.07) is 24.5. The molecule has 1 saturated heterocycles. The van der Waals surface area contributed by atoms with E-state index < -0.39 is 0 Å². The summed E-state index contributed by atoms with van der Waals surface area (Å²) >= 11 is 0. The van der Waals surface area contributed by atoms with Crippen LogP contribution in [0, 0.1) is 0 Å². The van der Waals surface area contributed by atoms with E-state index in [1.165, 1.54) is 38.9 Å². The first-order chi connectivity index (χ1) is 18.2. The second-order valence-electron chi connectivity index (χ2n) is 11.0. The molecule has 6 rings (SSSR count). The summed E-state index contributed by atoms with van der Waals surface area (Å²) in [4.78, 5) is 17.2. The first kappa shape index (κ1) is 24.4. The van der Waals surface area contributed by atoms with Crippen LogP contribution in [0.3, 0.4) is 0 Å². The van der Waals surface area contributed by atoms with Crippen molar-refractivity contribution in [2.45, 2.75) is 71.0 Å². The molecule has 3 aromatic carbocycles. The first-order valence-electron chi connectivity index (χ1n) is 14.3. The SMILES string of the molecule is CCCCc1cccc2c1C(C(=O)N(CCC)N1CCC(N3Cc4ccccc4C3)C1)c1ccccc1-2. The van der Waals surface area contributed by atoms with Crippen LogP contribution in [0.15, 0.2) is 66.7 Å². The minimum Gasteiger partial charge on any atom is -0.290 e. The lowest BCUT2D eigenvalue weighted by Crippen LogP contribution is -2.49. The minimum absolute atomic E-state index is 0.208. The Morgan fingerprint density at radius 3 is 2.38 bits per heavy atom. The maximum absolute atomic E-state index is 14.6. The van der Waals surface area contributed by atoms with Gasteiger partial charge >= 0.3 is 0 Å². The van der Waals surface area contributed by atoms with E-state index in [0.717, 1.165) is 64.8 Å². The van der Waals surface area contributed by atoms with Crippen molar-refractivity contribution in [3.8, 4) is 11.1 Å². The standard InChI is InChI=1S/C33H39N3O/c1-3-5-11-24-14-10-17-29-28-15-8-9-16-30(28)32(31(24)29)33(37)36(19-4-2)35-20-18-27(23-35)34-21-25-12-6-7-13-26(25)22-34/h6-10,12-17,27,32H,3-5,11,18-23H2,1-2H3. The van der Waals surface area contributed by atoms with E-state index >= 15 is 0 Å². The van der Waals surface area contributed by atoms with Crippen molar-refractivity contribution in [2.75, 3.05) is 19.6 Å². The number of amides is 1. The molecule has 3 aromatic rings. The molecular formula is C33H39N3O. The van der Waals surface area contributed by atoms with Gasteiger partial charge in [-0.15, -0.1) is 0 Å². The topological polar surface area (TPSA) is 26.8 Å². The molecule has 37 heavy (non-hydrogen) atoms. The summed E-state index contributed by atoms with van der Waals surface area (Å²) in [5.41, 5.74) is 9.20. The van der Waals surface area contributed by atoms with Gasteiger partial charge in [0.15, 0.2) is 0 Å². The number of rotatable bonds is 8. The second-order valence-corrected chi connectivity index (χ2v) is 11.0. The number of nitrogens with zero attached hydrogens (tertiary/aromatic N) is 3. The second kappa shape index (κ2) is 10.4. The van der Waals surface area contributed by atoms with E-state index in [4.69, 9.17) is 0 Å². The van der Waals surface area contributed by atoms with Crippen LogP contribution in [-0.2, 0) is 24.3 Å². The Hall–Kier alpha value is -2.95. The van der Waals surface area contributed by atoms with Crippen LogP contribution in [0.1, 0.15) is 73.3 Å². The molecule has 1 amide bonds. The van der Waals surface area contributed by atoms with Gasteiger partial charge in [-0.3, -0.25) is 14.7 Å². The van der Waals surface area contributed by atoms with Crippen LogP contribution in [0.4, 0.5) is 0 Å². The molecule has 4 heteroatoms. The van der Waals surface area contributed by atoms with Crippen LogP contribution in [0.25, 0.3) is 11.1 Å². The monoisotopic (exact) mass is 493 g/mol. The smallest absolute Gasteiger partial charge is 0.248 e. The Kier molecular flexibility index (Phi) is 6.88. The third-order valence-corrected chi connectivity index (χ3v) is 8.65. The first-order valence-corrected chi connectivity index (χ1v) is 14.3. The molecule has 4 nitrogen and oxygen atoms in total. The Labute approximate surface area is 221 Å². The van der Waals surface area contributed by atoms with Crippen molar-refractivity contribution in [3.05, 3.63) is 94.5 Å². The van der Waals surface area contributed by atoms with Gasteiger partial charge < -0.3 is 0 Å². The number of benzene rings is 3. The molecule has 2 atom stereocenters. The van der Waals surface area contributed by atoms with Gasteiger partial charge in [-0.25, -0.2) is 5.01 Å². The van der Waals surface area contributed by atoms with E-state index in [1.54, 1.807) is 0 Å². The molecule has 0 N–H and O–H groups in total. The van der Waals surface area contributed by atoms with Crippen LogP contribution < -0.4 is 0 Å². The Morgan fingerprint density at radius 2 is 1.62 bits per heavy atom. The van der Waals surface area contributed by atoms with E-state index in [1.807, 2.05) is 0 Å². The predicted molar refractivity (Wildman–Crippen MR) is 150 cm³/mol. The van der Waals surface area contributed by atoms with E-state index in [-0.39, 0.29) is 11.8 Å². The van der Waals surface area contributed by atoms with Gasteiger partial charge in [0.05, 0.1) is 5.92 Å². The lowest BCUT2D eigenvalue weighted by atomic mass is 9.90. The summed E-state index contributed by atoms with van der Waals surface area (Å²) < 4.78 is 0. The minimum atomic E-state index is -0.208. The summed E-state index contributed by atoms with van der Waals surface area (Å²) in [5, 5.41) is 4.49. The molecule has 2 heterocycles.